The van der Waals surface area contributed by atoms with Crippen molar-refractivity contribution in [3.63, 3.8) is 0 Å². The lowest BCUT2D eigenvalue weighted by molar-refractivity contribution is 0.518. The first kappa shape index (κ1) is 14.1. The average Bonchev–Trinajstić information content (AvgIpc) is 2.91. The normalized spacial score (nSPS) is 15.4. The van der Waals surface area contributed by atoms with E-state index in [1.54, 1.807) is 6.20 Å². The van der Waals surface area contributed by atoms with Gasteiger partial charge in [0, 0.05) is 6.54 Å². The fraction of sp³-hybridized carbons (Fsp3) is 0.571. The van der Waals surface area contributed by atoms with Gasteiger partial charge < -0.3 is 5.32 Å². The molecule has 0 radical (unpaired) electrons. The van der Waals surface area contributed by atoms with Gasteiger partial charge in [-0.05, 0) is 28.3 Å². The molecule has 1 heterocycles. The molecule has 0 spiro atoms. The highest BCUT2D eigenvalue weighted by Crippen LogP contribution is 2.27. The Morgan fingerprint density at radius 2 is 2.26 bits per heavy atom. The summed E-state index contributed by atoms with van der Waals surface area (Å²) in [5.41, 5.74) is 0.556. The molecule has 0 unspecified atom stereocenters. The first-order chi connectivity index (χ1) is 9.22. The number of terminal acetylenes is 1. The molecule has 2 rings (SSSR count). The minimum atomic E-state index is -0.191. The van der Waals surface area contributed by atoms with Crippen molar-refractivity contribution in [3.8, 4) is 12.3 Å². The van der Waals surface area contributed by atoms with Crippen molar-refractivity contribution in [2.75, 3.05) is 11.9 Å². The Morgan fingerprint density at radius 3 is 2.95 bits per heavy atom. The molecule has 1 aromatic rings. The molecule has 5 heteroatoms. The zero-order valence-corrected chi connectivity index (χ0v) is 12.4. The maximum Gasteiger partial charge on any atom is 0.284 e. The first-order valence-electron chi connectivity index (χ1n) is 6.65. The molecule has 1 aliphatic carbocycles. The summed E-state index contributed by atoms with van der Waals surface area (Å²) in [6.07, 6.45) is 13.4. The van der Waals surface area contributed by atoms with Crippen molar-refractivity contribution in [1.29, 1.82) is 0 Å². The Bertz CT molecular complexity index is 526. The predicted octanol–water partition coefficient (Wildman–Crippen LogP) is 2.63. The molecule has 0 aromatic carbocycles. The highest BCUT2D eigenvalue weighted by atomic mass is 79.9. The van der Waals surface area contributed by atoms with Crippen molar-refractivity contribution >= 4 is 21.6 Å². The number of rotatable bonds is 5. The van der Waals surface area contributed by atoms with Crippen molar-refractivity contribution in [1.82, 2.24) is 9.78 Å². The Kier molecular flexibility index (Phi) is 5.03. The number of aromatic nitrogens is 2. The van der Waals surface area contributed by atoms with Crippen LogP contribution in [0.15, 0.2) is 15.5 Å². The summed E-state index contributed by atoms with van der Waals surface area (Å²) in [6, 6.07) is 0. The smallest absolute Gasteiger partial charge is 0.284 e. The van der Waals surface area contributed by atoms with E-state index in [0.717, 1.165) is 24.6 Å². The van der Waals surface area contributed by atoms with Gasteiger partial charge >= 0.3 is 0 Å². The van der Waals surface area contributed by atoms with Crippen LogP contribution in [-0.4, -0.2) is 16.3 Å². The van der Waals surface area contributed by atoms with E-state index in [1.807, 2.05) is 0 Å². The molecule has 0 amide bonds. The van der Waals surface area contributed by atoms with Crippen LogP contribution in [0.3, 0.4) is 0 Å². The lowest BCUT2D eigenvalue weighted by Crippen LogP contribution is -2.24. The van der Waals surface area contributed by atoms with E-state index in [4.69, 9.17) is 6.42 Å². The highest BCUT2D eigenvalue weighted by Gasteiger charge is 2.14. The second-order valence-corrected chi connectivity index (χ2v) is 5.70. The van der Waals surface area contributed by atoms with Crippen LogP contribution in [0, 0.1) is 18.3 Å². The Hall–Kier alpha value is -1.28. The molecular weight excluding hydrogens is 306 g/mol. The SMILES string of the molecule is C#CCn1ncc(NCCC2CCCC2)c(Br)c1=O. The van der Waals surface area contributed by atoms with Crippen LogP contribution in [-0.2, 0) is 6.54 Å². The van der Waals surface area contributed by atoms with E-state index in [2.05, 4.69) is 32.3 Å². The topological polar surface area (TPSA) is 46.9 Å². The van der Waals surface area contributed by atoms with Crippen molar-refractivity contribution < 1.29 is 0 Å². The second kappa shape index (κ2) is 6.76. The molecule has 0 saturated heterocycles. The predicted molar refractivity (Wildman–Crippen MR) is 80.1 cm³/mol. The number of nitrogens with one attached hydrogen (secondary N) is 1. The van der Waals surface area contributed by atoms with Crippen molar-refractivity contribution in [2.24, 2.45) is 5.92 Å². The maximum absolute atomic E-state index is 11.9. The third-order valence-corrected chi connectivity index (χ3v) is 4.34. The van der Waals surface area contributed by atoms with E-state index in [0.29, 0.717) is 4.47 Å². The zero-order valence-electron chi connectivity index (χ0n) is 10.9. The van der Waals surface area contributed by atoms with Gasteiger partial charge in [-0.2, -0.15) is 5.10 Å². The number of halogens is 1. The summed E-state index contributed by atoms with van der Waals surface area (Å²) >= 11 is 3.31. The van der Waals surface area contributed by atoms with Gasteiger partial charge in [0.1, 0.15) is 11.0 Å². The van der Waals surface area contributed by atoms with Crippen LogP contribution in [0.1, 0.15) is 32.1 Å². The van der Waals surface area contributed by atoms with Crippen LogP contribution in [0.25, 0.3) is 0 Å². The number of nitrogens with zero attached hydrogens (tertiary/aromatic N) is 2. The van der Waals surface area contributed by atoms with Crippen LogP contribution in [0.2, 0.25) is 0 Å². The molecule has 0 aliphatic heterocycles. The van der Waals surface area contributed by atoms with Crippen molar-refractivity contribution in [2.45, 2.75) is 38.6 Å². The van der Waals surface area contributed by atoms with Gasteiger partial charge in [0.25, 0.3) is 5.56 Å². The summed E-state index contributed by atoms with van der Waals surface area (Å²) < 4.78 is 1.77. The van der Waals surface area contributed by atoms with Gasteiger partial charge in [0.15, 0.2) is 0 Å². The van der Waals surface area contributed by atoms with E-state index < -0.39 is 0 Å². The highest BCUT2D eigenvalue weighted by molar-refractivity contribution is 9.10. The quantitative estimate of drug-likeness (QED) is 0.847. The van der Waals surface area contributed by atoms with Crippen LogP contribution < -0.4 is 10.9 Å². The van der Waals surface area contributed by atoms with Gasteiger partial charge in [-0.25, -0.2) is 4.68 Å². The summed E-state index contributed by atoms with van der Waals surface area (Å²) in [6.45, 7) is 1.07. The molecule has 1 N–H and O–H groups in total. The van der Waals surface area contributed by atoms with Crippen LogP contribution >= 0.6 is 15.9 Å². The molecule has 4 nitrogen and oxygen atoms in total. The van der Waals surface area contributed by atoms with Crippen molar-refractivity contribution in [3.05, 3.63) is 21.0 Å². The molecule has 1 aliphatic rings. The molecule has 102 valence electrons. The molecule has 0 bridgehead atoms. The van der Waals surface area contributed by atoms with Gasteiger partial charge in [-0.15, -0.1) is 6.42 Å². The van der Waals surface area contributed by atoms with Gasteiger partial charge in [0.05, 0.1) is 11.9 Å². The molecular formula is C14H18BrN3O. The summed E-state index contributed by atoms with van der Waals surface area (Å²) in [5, 5.41) is 7.32. The minimum Gasteiger partial charge on any atom is -0.383 e. The third kappa shape index (κ3) is 3.60. The zero-order chi connectivity index (χ0) is 13.7. The van der Waals surface area contributed by atoms with Gasteiger partial charge in [0.2, 0.25) is 0 Å². The van der Waals surface area contributed by atoms with E-state index in [1.165, 1.54) is 30.4 Å². The Balaban J connectivity index is 1.95. The molecule has 0 atom stereocenters. The Morgan fingerprint density at radius 1 is 1.53 bits per heavy atom. The lowest BCUT2D eigenvalue weighted by Gasteiger charge is -2.12. The van der Waals surface area contributed by atoms with Crippen LogP contribution in [0.4, 0.5) is 5.69 Å². The standard InChI is InChI=1S/C14H18BrN3O/c1-2-9-18-14(19)13(15)12(10-17-18)16-8-7-11-5-3-4-6-11/h1,10-11,16H,3-9H2. The summed E-state index contributed by atoms with van der Waals surface area (Å²) in [5.74, 6) is 3.25. The monoisotopic (exact) mass is 323 g/mol. The fourth-order valence-electron chi connectivity index (χ4n) is 2.50. The average molecular weight is 324 g/mol. The lowest BCUT2D eigenvalue weighted by atomic mass is 10.0. The van der Waals surface area contributed by atoms with E-state index in [9.17, 15) is 4.79 Å². The van der Waals surface area contributed by atoms with Crippen LogP contribution in [0.5, 0.6) is 0 Å². The van der Waals surface area contributed by atoms with Gasteiger partial charge in [-0.1, -0.05) is 31.6 Å². The molecule has 1 saturated carbocycles. The summed E-state index contributed by atoms with van der Waals surface area (Å²) in [4.78, 5) is 11.9. The summed E-state index contributed by atoms with van der Waals surface area (Å²) in [7, 11) is 0. The van der Waals surface area contributed by atoms with E-state index >= 15 is 0 Å². The maximum atomic E-state index is 11.9. The third-order valence-electron chi connectivity index (χ3n) is 3.57. The Labute approximate surface area is 121 Å². The molecule has 1 fully saturated rings. The first-order valence-corrected chi connectivity index (χ1v) is 7.44. The number of hydrogen-bond acceptors (Lipinski definition) is 3. The number of hydrogen-bond donors (Lipinski definition) is 1. The molecule has 19 heavy (non-hydrogen) atoms. The molecule has 1 aromatic heterocycles. The minimum absolute atomic E-state index is 0.191. The van der Waals surface area contributed by atoms with E-state index in [-0.39, 0.29) is 12.1 Å². The fourth-order valence-corrected chi connectivity index (χ4v) is 2.94. The largest absolute Gasteiger partial charge is 0.383 e. The number of anilines is 1. The second-order valence-electron chi connectivity index (χ2n) is 4.91. The van der Waals surface area contributed by atoms with Gasteiger partial charge in [-0.3, -0.25) is 4.79 Å².